The minimum absolute atomic E-state index is 0.227. The van der Waals surface area contributed by atoms with Crippen LogP contribution >= 0.6 is 0 Å². The first-order valence-corrected chi connectivity index (χ1v) is 7.98. The summed E-state index contributed by atoms with van der Waals surface area (Å²) in [5.41, 5.74) is 5.44. The Labute approximate surface area is 143 Å². The van der Waals surface area contributed by atoms with Crippen LogP contribution in [0.2, 0.25) is 0 Å². The Bertz CT molecular complexity index is 746. The van der Waals surface area contributed by atoms with Crippen LogP contribution in [0, 0.1) is 13.8 Å². The Morgan fingerprint density at radius 1 is 0.875 bits per heavy atom. The van der Waals surface area contributed by atoms with E-state index in [4.69, 9.17) is 0 Å². The van der Waals surface area contributed by atoms with E-state index in [1.807, 2.05) is 52.8 Å². The number of carbonyl (C=O) groups is 2. The zero-order valence-electron chi connectivity index (χ0n) is 14.9. The van der Waals surface area contributed by atoms with Gasteiger partial charge in [0.1, 0.15) is 0 Å². The number of carbonyl (C=O) groups excluding carboxylic acids is 2. The maximum atomic E-state index is 12.9. The van der Waals surface area contributed by atoms with Crippen molar-refractivity contribution in [3.05, 3.63) is 70.8 Å². The van der Waals surface area contributed by atoms with Crippen molar-refractivity contribution in [2.24, 2.45) is 0 Å². The quantitative estimate of drug-likeness (QED) is 0.852. The van der Waals surface area contributed by atoms with E-state index in [0.717, 1.165) is 11.1 Å². The molecule has 0 bridgehead atoms. The van der Waals surface area contributed by atoms with Gasteiger partial charge in [-0.05, 0) is 70.0 Å². The fourth-order valence-electron chi connectivity index (χ4n) is 2.28. The third-order valence-corrected chi connectivity index (χ3v) is 3.88. The summed E-state index contributed by atoms with van der Waals surface area (Å²) >= 11 is 0. The van der Waals surface area contributed by atoms with Crippen LogP contribution in [0.4, 0.5) is 0 Å². The molecule has 4 nitrogen and oxygen atoms in total. The average Bonchev–Trinajstić information content (AvgIpc) is 2.54. The molecule has 2 aromatic carbocycles. The average molecular weight is 324 g/mol. The highest BCUT2D eigenvalue weighted by atomic mass is 16.2. The highest BCUT2D eigenvalue weighted by molar-refractivity contribution is 5.99. The fourth-order valence-corrected chi connectivity index (χ4v) is 2.28. The molecule has 0 unspecified atom stereocenters. The molecule has 0 radical (unpaired) electrons. The molecule has 126 valence electrons. The van der Waals surface area contributed by atoms with Gasteiger partial charge in [0, 0.05) is 11.1 Å². The van der Waals surface area contributed by atoms with Crippen molar-refractivity contribution in [3.8, 4) is 0 Å². The Morgan fingerprint density at radius 2 is 1.50 bits per heavy atom. The molecule has 0 fully saturated rings. The first-order chi connectivity index (χ1) is 11.2. The third-order valence-electron chi connectivity index (χ3n) is 3.88. The molecule has 0 saturated heterocycles. The van der Waals surface area contributed by atoms with E-state index in [2.05, 4.69) is 5.43 Å². The van der Waals surface area contributed by atoms with Crippen LogP contribution < -0.4 is 5.43 Å². The maximum Gasteiger partial charge on any atom is 0.272 e. The molecule has 0 aliphatic rings. The Balaban J connectivity index is 2.30. The van der Waals surface area contributed by atoms with Crippen molar-refractivity contribution in [2.75, 3.05) is 0 Å². The summed E-state index contributed by atoms with van der Waals surface area (Å²) in [7, 11) is 0. The van der Waals surface area contributed by atoms with E-state index in [9.17, 15) is 9.59 Å². The maximum absolute atomic E-state index is 12.9. The summed E-state index contributed by atoms with van der Waals surface area (Å²) in [6, 6.07) is 14.4. The van der Waals surface area contributed by atoms with Crippen LogP contribution in [0.3, 0.4) is 0 Å². The lowest BCUT2D eigenvalue weighted by atomic mass is 10.0. The van der Waals surface area contributed by atoms with Gasteiger partial charge in [-0.1, -0.05) is 24.3 Å². The second kappa shape index (κ2) is 6.87. The van der Waals surface area contributed by atoms with Gasteiger partial charge < -0.3 is 0 Å². The molecule has 2 amide bonds. The van der Waals surface area contributed by atoms with E-state index < -0.39 is 5.54 Å². The molecule has 0 atom stereocenters. The van der Waals surface area contributed by atoms with Crippen LogP contribution in [0.25, 0.3) is 0 Å². The lowest BCUT2D eigenvalue weighted by Crippen LogP contribution is -2.55. The van der Waals surface area contributed by atoms with Gasteiger partial charge >= 0.3 is 0 Å². The molecular formula is C20H24N2O2. The van der Waals surface area contributed by atoms with Crippen LogP contribution in [0.1, 0.15) is 52.6 Å². The number of amides is 2. The van der Waals surface area contributed by atoms with E-state index in [1.54, 1.807) is 30.3 Å². The summed E-state index contributed by atoms with van der Waals surface area (Å²) in [5.74, 6) is -0.530. The van der Waals surface area contributed by atoms with Crippen molar-refractivity contribution in [1.82, 2.24) is 10.4 Å². The van der Waals surface area contributed by atoms with E-state index >= 15 is 0 Å². The highest BCUT2D eigenvalue weighted by Crippen LogP contribution is 2.18. The van der Waals surface area contributed by atoms with E-state index in [-0.39, 0.29) is 11.8 Å². The van der Waals surface area contributed by atoms with Gasteiger partial charge in [-0.25, -0.2) is 5.01 Å². The van der Waals surface area contributed by atoms with Gasteiger partial charge in [0.2, 0.25) is 0 Å². The monoisotopic (exact) mass is 324 g/mol. The standard InChI is InChI=1S/C20H24N2O2/c1-14-11-12-17(13-15(14)2)19(24)22(20(3,4)5)21-18(23)16-9-7-6-8-10-16/h6-13H,1-5H3,(H,21,23). The molecule has 2 aromatic rings. The molecule has 4 heteroatoms. The lowest BCUT2D eigenvalue weighted by molar-refractivity contribution is 0.0358. The Morgan fingerprint density at radius 3 is 2.04 bits per heavy atom. The molecule has 0 spiro atoms. The van der Waals surface area contributed by atoms with Crippen LogP contribution in [-0.2, 0) is 0 Å². The fraction of sp³-hybridized carbons (Fsp3) is 0.300. The molecule has 0 heterocycles. The zero-order chi connectivity index (χ0) is 17.9. The first kappa shape index (κ1) is 17.7. The van der Waals surface area contributed by atoms with Gasteiger partial charge in [0.25, 0.3) is 11.8 Å². The van der Waals surface area contributed by atoms with Crippen molar-refractivity contribution in [3.63, 3.8) is 0 Å². The number of rotatable bonds is 2. The SMILES string of the molecule is Cc1ccc(C(=O)N(NC(=O)c2ccccc2)C(C)(C)C)cc1C. The molecule has 0 aromatic heterocycles. The number of nitrogens with one attached hydrogen (secondary N) is 1. The summed E-state index contributed by atoms with van der Waals surface area (Å²) in [5, 5.41) is 1.40. The second-order valence-corrected chi connectivity index (χ2v) is 6.92. The molecule has 0 aliphatic carbocycles. The predicted molar refractivity (Wildman–Crippen MR) is 95.7 cm³/mol. The highest BCUT2D eigenvalue weighted by Gasteiger charge is 2.29. The number of nitrogens with zero attached hydrogens (tertiary/aromatic N) is 1. The van der Waals surface area contributed by atoms with Crippen LogP contribution in [-0.4, -0.2) is 22.4 Å². The summed E-state index contributed by atoms with van der Waals surface area (Å²) in [4.78, 5) is 25.4. The van der Waals surface area contributed by atoms with Crippen molar-refractivity contribution < 1.29 is 9.59 Å². The molecule has 0 saturated carbocycles. The molecule has 24 heavy (non-hydrogen) atoms. The van der Waals surface area contributed by atoms with Gasteiger partial charge in [0.05, 0.1) is 5.54 Å². The molecule has 0 aliphatic heterocycles. The van der Waals surface area contributed by atoms with Gasteiger partial charge in [0.15, 0.2) is 0 Å². The van der Waals surface area contributed by atoms with Crippen LogP contribution in [0.5, 0.6) is 0 Å². The third kappa shape index (κ3) is 4.02. The number of hydrogen-bond acceptors (Lipinski definition) is 2. The summed E-state index contributed by atoms with van der Waals surface area (Å²) in [6.45, 7) is 9.63. The molecule has 2 rings (SSSR count). The van der Waals surface area contributed by atoms with E-state index in [0.29, 0.717) is 11.1 Å². The number of aryl methyl sites for hydroxylation is 2. The number of benzene rings is 2. The first-order valence-electron chi connectivity index (χ1n) is 7.98. The largest absolute Gasteiger partial charge is 0.272 e. The summed E-state index contributed by atoms with van der Waals surface area (Å²) < 4.78 is 0. The number of hydrazine groups is 1. The van der Waals surface area contributed by atoms with Crippen LogP contribution in [0.15, 0.2) is 48.5 Å². The Hall–Kier alpha value is -2.62. The number of hydrogen-bond donors (Lipinski definition) is 1. The van der Waals surface area contributed by atoms with Crippen molar-refractivity contribution >= 4 is 11.8 Å². The van der Waals surface area contributed by atoms with Gasteiger partial charge in [-0.3, -0.25) is 15.0 Å². The van der Waals surface area contributed by atoms with Crippen molar-refractivity contribution in [1.29, 1.82) is 0 Å². The van der Waals surface area contributed by atoms with Gasteiger partial charge in [-0.15, -0.1) is 0 Å². The smallest absolute Gasteiger partial charge is 0.267 e. The lowest BCUT2D eigenvalue weighted by Gasteiger charge is -2.35. The van der Waals surface area contributed by atoms with Gasteiger partial charge in [-0.2, -0.15) is 0 Å². The zero-order valence-corrected chi connectivity index (χ0v) is 14.9. The predicted octanol–water partition coefficient (Wildman–Crippen LogP) is 3.89. The normalized spacial score (nSPS) is 11.0. The Kier molecular flexibility index (Phi) is 5.07. The topological polar surface area (TPSA) is 49.4 Å². The molecule has 1 N–H and O–H groups in total. The minimum atomic E-state index is -0.555. The van der Waals surface area contributed by atoms with Crippen molar-refractivity contribution in [2.45, 2.75) is 40.2 Å². The molecular weight excluding hydrogens is 300 g/mol. The summed E-state index contributed by atoms with van der Waals surface area (Å²) in [6.07, 6.45) is 0. The minimum Gasteiger partial charge on any atom is -0.267 e. The van der Waals surface area contributed by atoms with E-state index in [1.165, 1.54) is 5.01 Å². The second-order valence-electron chi connectivity index (χ2n) is 6.92.